The van der Waals surface area contributed by atoms with Crippen molar-refractivity contribution in [1.82, 2.24) is 9.97 Å². The molecule has 5 nitrogen and oxygen atoms in total. The van der Waals surface area contributed by atoms with E-state index < -0.39 is 0 Å². The Morgan fingerprint density at radius 2 is 2.50 bits per heavy atom. The SMILES string of the molecule is CC1(Nc2nccc(C(N)=S)n2)CCOC1. The molecule has 1 fully saturated rings. The number of hydrogen-bond donors (Lipinski definition) is 2. The first-order valence-corrected chi connectivity index (χ1v) is 5.49. The Hall–Kier alpha value is -1.27. The van der Waals surface area contributed by atoms with Crippen molar-refractivity contribution in [3.63, 3.8) is 0 Å². The number of rotatable bonds is 3. The number of nitrogens with zero attached hydrogens (tertiary/aromatic N) is 2. The summed E-state index contributed by atoms with van der Waals surface area (Å²) in [5.41, 5.74) is 5.99. The normalized spacial score (nSPS) is 24.3. The van der Waals surface area contributed by atoms with Gasteiger partial charge in [0.25, 0.3) is 0 Å². The van der Waals surface area contributed by atoms with Crippen molar-refractivity contribution >= 4 is 23.2 Å². The highest BCUT2D eigenvalue weighted by molar-refractivity contribution is 7.80. The Morgan fingerprint density at radius 1 is 1.69 bits per heavy atom. The van der Waals surface area contributed by atoms with Gasteiger partial charge in [-0.1, -0.05) is 12.2 Å². The van der Waals surface area contributed by atoms with Gasteiger partial charge in [0.1, 0.15) is 10.7 Å². The van der Waals surface area contributed by atoms with E-state index in [4.69, 9.17) is 22.7 Å². The van der Waals surface area contributed by atoms with Crippen molar-refractivity contribution in [1.29, 1.82) is 0 Å². The molecule has 2 heterocycles. The summed E-state index contributed by atoms with van der Waals surface area (Å²) in [4.78, 5) is 8.65. The first-order chi connectivity index (χ1) is 7.59. The van der Waals surface area contributed by atoms with Gasteiger partial charge in [0.05, 0.1) is 12.1 Å². The Morgan fingerprint density at radius 3 is 3.12 bits per heavy atom. The Bertz CT molecular complexity index is 404. The number of nitrogens with two attached hydrogens (primary N) is 1. The molecule has 0 amide bonds. The Labute approximate surface area is 99.4 Å². The van der Waals surface area contributed by atoms with Gasteiger partial charge in [0.15, 0.2) is 0 Å². The van der Waals surface area contributed by atoms with E-state index in [9.17, 15) is 0 Å². The lowest BCUT2D eigenvalue weighted by Crippen LogP contribution is -2.36. The van der Waals surface area contributed by atoms with Crippen LogP contribution < -0.4 is 11.1 Å². The molecule has 0 spiro atoms. The zero-order valence-corrected chi connectivity index (χ0v) is 9.88. The van der Waals surface area contributed by atoms with Crippen molar-refractivity contribution < 1.29 is 4.74 Å². The third-order valence-electron chi connectivity index (χ3n) is 2.54. The number of aromatic nitrogens is 2. The summed E-state index contributed by atoms with van der Waals surface area (Å²) < 4.78 is 5.34. The predicted molar refractivity (Wildman–Crippen MR) is 65.4 cm³/mol. The van der Waals surface area contributed by atoms with Crippen molar-refractivity contribution in [3.05, 3.63) is 18.0 Å². The maximum Gasteiger partial charge on any atom is 0.223 e. The van der Waals surface area contributed by atoms with Gasteiger partial charge in [0, 0.05) is 12.8 Å². The summed E-state index contributed by atoms with van der Waals surface area (Å²) in [5, 5.41) is 3.25. The van der Waals surface area contributed by atoms with Gasteiger partial charge < -0.3 is 15.8 Å². The summed E-state index contributed by atoms with van der Waals surface area (Å²) in [7, 11) is 0. The van der Waals surface area contributed by atoms with Crippen molar-refractivity contribution in [2.24, 2.45) is 5.73 Å². The molecule has 0 bridgehead atoms. The standard InChI is InChI=1S/C10H14N4OS/c1-10(3-5-15-6-10)14-9-12-4-2-7(13-9)8(11)16/h2,4H,3,5-6H2,1H3,(H2,11,16)(H,12,13,14). The lowest BCUT2D eigenvalue weighted by Gasteiger charge is -2.23. The highest BCUT2D eigenvalue weighted by Gasteiger charge is 2.30. The number of anilines is 1. The van der Waals surface area contributed by atoms with Crippen LogP contribution in [0.2, 0.25) is 0 Å². The molecule has 1 aliphatic heterocycles. The Kier molecular flexibility index (Phi) is 3.02. The maximum absolute atomic E-state index is 5.51. The molecule has 3 N–H and O–H groups in total. The molecular weight excluding hydrogens is 224 g/mol. The van der Waals surface area contributed by atoms with E-state index in [0.29, 0.717) is 18.2 Å². The molecular formula is C10H14N4OS. The van der Waals surface area contributed by atoms with E-state index in [0.717, 1.165) is 13.0 Å². The fraction of sp³-hybridized carbons (Fsp3) is 0.500. The van der Waals surface area contributed by atoms with E-state index in [1.165, 1.54) is 0 Å². The fourth-order valence-corrected chi connectivity index (χ4v) is 1.71. The van der Waals surface area contributed by atoms with E-state index in [2.05, 4.69) is 22.2 Å². The van der Waals surface area contributed by atoms with Crippen LogP contribution in [0.25, 0.3) is 0 Å². The molecule has 0 aromatic carbocycles. The fourth-order valence-electron chi connectivity index (χ4n) is 1.59. The zero-order chi connectivity index (χ0) is 11.6. The minimum Gasteiger partial charge on any atom is -0.388 e. The second kappa shape index (κ2) is 4.31. The topological polar surface area (TPSA) is 73.1 Å². The average Bonchev–Trinajstić information content (AvgIpc) is 2.65. The maximum atomic E-state index is 5.51. The lowest BCUT2D eigenvalue weighted by atomic mass is 10.0. The first kappa shape index (κ1) is 11.2. The molecule has 0 radical (unpaired) electrons. The van der Waals surface area contributed by atoms with Crippen molar-refractivity contribution in [2.75, 3.05) is 18.5 Å². The van der Waals surface area contributed by atoms with E-state index in [1.807, 2.05) is 0 Å². The van der Waals surface area contributed by atoms with Crippen LogP contribution >= 0.6 is 12.2 Å². The monoisotopic (exact) mass is 238 g/mol. The summed E-state index contributed by atoms with van der Waals surface area (Å²) >= 11 is 4.87. The molecule has 6 heteroatoms. The molecule has 1 unspecified atom stereocenters. The third kappa shape index (κ3) is 2.45. The molecule has 2 rings (SSSR count). The molecule has 1 aromatic heterocycles. The van der Waals surface area contributed by atoms with E-state index in [-0.39, 0.29) is 10.5 Å². The second-order valence-electron chi connectivity index (χ2n) is 4.12. The molecule has 1 aromatic rings. The summed E-state index contributed by atoms with van der Waals surface area (Å²) in [5.74, 6) is 0.540. The second-order valence-corrected chi connectivity index (χ2v) is 4.56. The minimum atomic E-state index is -0.102. The largest absolute Gasteiger partial charge is 0.388 e. The zero-order valence-electron chi connectivity index (χ0n) is 9.06. The van der Waals surface area contributed by atoms with E-state index >= 15 is 0 Å². The highest BCUT2D eigenvalue weighted by atomic mass is 32.1. The lowest BCUT2D eigenvalue weighted by molar-refractivity contribution is 0.185. The minimum absolute atomic E-state index is 0.102. The van der Waals surface area contributed by atoms with Gasteiger partial charge in [-0.05, 0) is 19.4 Å². The van der Waals surface area contributed by atoms with Gasteiger partial charge in [0.2, 0.25) is 5.95 Å². The summed E-state index contributed by atoms with van der Waals surface area (Å²) in [6.07, 6.45) is 2.58. The van der Waals surface area contributed by atoms with Crippen LogP contribution in [0.1, 0.15) is 19.0 Å². The number of ether oxygens (including phenoxy) is 1. The van der Waals surface area contributed by atoms with Gasteiger partial charge >= 0.3 is 0 Å². The van der Waals surface area contributed by atoms with Crippen LogP contribution in [-0.4, -0.2) is 33.7 Å². The van der Waals surface area contributed by atoms with Crippen molar-refractivity contribution in [2.45, 2.75) is 18.9 Å². The summed E-state index contributed by atoms with van der Waals surface area (Å²) in [6, 6.07) is 1.70. The van der Waals surface area contributed by atoms with Crippen LogP contribution in [-0.2, 0) is 4.74 Å². The molecule has 0 aliphatic carbocycles. The van der Waals surface area contributed by atoms with Crippen LogP contribution in [0.15, 0.2) is 12.3 Å². The predicted octanol–water partition coefficient (Wildman–Crippen LogP) is 0.702. The van der Waals surface area contributed by atoms with Crippen LogP contribution in [0, 0.1) is 0 Å². The van der Waals surface area contributed by atoms with Crippen LogP contribution in [0.4, 0.5) is 5.95 Å². The number of hydrogen-bond acceptors (Lipinski definition) is 5. The Balaban J connectivity index is 2.15. The van der Waals surface area contributed by atoms with E-state index in [1.54, 1.807) is 12.3 Å². The third-order valence-corrected chi connectivity index (χ3v) is 2.75. The van der Waals surface area contributed by atoms with Gasteiger partial charge in [-0.15, -0.1) is 0 Å². The molecule has 86 valence electrons. The molecule has 16 heavy (non-hydrogen) atoms. The van der Waals surface area contributed by atoms with Crippen LogP contribution in [0.5, 0.6) is 0 Å². The first-order valence-electron chi connectivity index (χ1n) is 5.08. The molecule has 0 saturated carbocycles. The highest BCUT2D eigenvalue weighted by Crippen LogP contribution is 2.21. The summed E-state index contributed by atoms with van der Waals surface area (Å²) in [6.45, 7) is 3.50. The number of nitrogens with one attached hydrogen (secondary N) is 1. The molecule has 1 saturated heterocycles. The van der Waals surface area contributed by atoms with Gasteiger partial charge in [-0.3, -0.25) is 0 Å². The van der Waals surface area contributed by atoms with Gasteiger partial charge in [-0.2, -0.15) is 0 Å². The molecule has 1 aliphatic rings. The smallest absolute Gasteiger partial charge is 0.223 e. The van der Waals surface area contributed by atoms with Crippen LogP contribution in [0.3, 0.4) is 0 Å². The quantitative estimate of drug-likeness (QED) is 0.755. The average molecular weight is 238 g/mol. The van der Waals surface area contributed by atoms with Gasteiger partial charge in [-0.25, -0.2) is 9.97 Å². The number of thiocarbonyl (C=S) groups is 1. The van der Waals surface area contributed by atoms with Crippen molar-refractivity contribution in [3.8, 4) is 0 Å². The molecule has 1 atom stereocenters.